The Hall–Kier alpha value is -4.78. The van der Waals surface area contributed by atoms with E-state index in [2.05, 4.69) is 43.0 Å². The van der Waals surface area contributed by atoms with Gasteiger partial charge in [-0.3, -0.25) is 14.5 Å². The fourth-order valence-electron chi connectivity index (χ4n) is 7.36. The Morgan fingerprint density at radius 3 is 2.34 bits per heavy atom. The van der Waals surface area contributed by atoms with E-state index >= 15 is 0 Å². The molecule has 6 rings (SSSR count). The first kappa shape index (κ1) is 40.9. The topological polar surface area (TPSA) is 140 Å². The first-order chi connectivity index (χ1) is 27.0. The molecule has 1 aliphatic rings. The fourth-order valence-corrected chi connectivity index (χ4v) is 7.77. The van der Waals surface area contributed by atoms with Gasteiger partial charge in [0.2, 0.25) is 5.91 Å². The molecule has 1 saturated heterocycles. The van der Waals surface area contributed by atoms with Crippen LogP contribution in [0.4, 0.5) is 5.69 Å². The number of nitrogens with one attached hydrogen (secondary N) is 1. The van der Waals surface area contributed by atoms with Crippen LogP contribution in [0.1, 0.15) is 67.0 Å². The van der Waals surface area contributed by atoms with E-state index in [4.69, 9.17) is 32.7 Å². The third-order valence-corrected chi connectivity index (χ3v) is 10.8. The number of phenolic OH excluding ortho intramolecular Hbond substituents is 2. The number of amides is 2. The van der Waals surface area contributed by atoms with Gasteiger partial charge in [0.1, 0.15) is 17.3 Å². The molecule has 1 fully saturated rings. The van der Waals surface area contributed by atoms with E-state index in [0.717, 1.165) is 47.6 Å². The Morgan fingerprint density at radius 2 is 1.68 bits per heavy atom. The largest absolute Gasteiger partial charge is 0.508 e. The van der Waals surface area contributed by atoms with Crippen LogP contribution in [0.2, 0.25) is 0 Å². The third-order valence-electron chi connectivity index (χ3n) is 10.5. The van der Waals surface area contributed by atoms with Crippen molar-refractivity contribution in [1.82, 2.24) is 29.8 Å². The molecule has 0 atom stereocenters. The molecule has 0 spiro atoms. The maximum absolute atomic E-state index is 13.2. The minimum Gasteiger partial charge on any atom is -0.508 e. The number of imidazole rings is 1. The quantitative estimate of drug-likeness (QED) is 0.0890. The van der Waals surface area contributed by atoms with Crippen molar-refractivity contribution >= 4 is 51.7 Å². The number of rotatable bonds is 16. The number of phenols is 2. The molecule has 2 amide bonds. The molecule has 56 heavy (non-hydrogen) atoms. The van der Waals surface area contributed by atoms with Crippen LogP contribution in [0.15, 0.2) is 59.1 Å². The highest BCUT2D eigenvalue weighted by Crippen LogP contribution is 2.43. The third kappa shape index (κ3) is 9.09. The summed E-state index contributed by atoms with van der Waals surface area (Å²) in [6.45, 7) is 11.1. The van der Waals surface area contributed by atoms with Crippen LogP contribution in [0.25, 0.3) is 33.5 Å². The number of hydrogen-bond acceptors (Lipinski definition) is 9. The molecule has 5 aromatic rings. The van der Waals surface area contributed by atoms with Crippen LogP contribution in [0, 0.1) is 0 Å². The second-order valence-electron chi connectivity index (χ2n) is 14.5. The Morgan fingerprint density at radius 1 is 0.964 bits per heavy atom. The number of halogens is 2. The van der Waals surface area contributed by atoms with Gasteiger partial charge in [0.15, 0.2) is 11.5 Å². The summed E-state index contributed by atoms with van der Waals surface area (Å²) >= 11 is 12.0. The summed E-state index contributed by atoms with van der Waals surface area (Å²) in [6.07, 6.45) is 1.91. The number of alkyl halides is 2. The van der Waals surface area contributed by atoms with Crippen LogP contribution in [0.5, 0.6) is 11.5 Å². The van der Waals surface area contributed by atoms with Crippen molar-refractivity contribution in [2.24, 2.45) is 7.05 Å². The summed E-state index contributed by atoms with van der Waals surface area (Å²) in [5.74, 6) is 1.82. The van der Waals surface area contributed by atoms with E-state index in [-0.39, 0.29) is 40.7 Å². The summed E-state index contributed by atoms with van der Waals surface area (Å²) in [5, 5.41) is 28.2. The number of nitrogens with zero attached hydrogens (tertiary/aromatic N) is 6. The normalized spacial score (nSPS) is 13.5. The number of aromatic nitrogens is 3. The minimum atomic E-state index is -0.385. The number of piperazine rings is 1. The molecule has 0 saturated carbocycles. The van der Waals surface area contributed by atoms with Crippen molar-refractivity contribution in [2.75, 3.05) is 62.5 Å². The van der Waals surface area contributed by atoms with Gasteiger partial charge in [0.05, 0.1) is 22.2 Å². The molecule has 3 N–H and O–H groups in total. The summed E-state index contributed by atoms with van der Waals surface area (Å²) < 4.78 is 7.83. The SMILES string of the molecule is CCNC(=O)c1noc(-c2cc(C(C)C)c(O)cc2O)c1-c1ccc(CN2CCN(C(=O)CCCc3nc4cc(N(CCCl)CCCl)ccc4n3C)CC2)cc1. The molecular weight excluding hydrogens is 753 g/mol. The summed E-state index contributed by atoms with van der Waals surface area (Å²) in [6, 6.07) is 17.1. The number of hydrogen-bond donors (Lipinski definition) is 3. The minimum absolute atomic E-state index is 0.0143. The zero-order valence-electron chi connectivity index (χ0n) is 32.5. The zero-order chi connectivity index (χ0) is 39.9. The van der Waals surface area contributed by atoms with Crippen LogP contribution in [0.3, 0.4) is 0 Å². The number of fused-ring (bicyclic) bond motifs is 1. The first-order valence-electron chi connectivity index (χ1n) is 19.3. The first-order valence-corrected chi connectivity index (χ1v) is 20.4. The second-order valence-corrected chi connectivity index (χ2v) is 15.3. The monoisotopic (exact) mass is 803 g/mol. The zero-order valence-corrected chi connectivity index (χ0v) is 34.0. The molecule has 0 radical (unpaired) electrons. The van der Waals surface area contributed by atoms with E-state index in [1.807, 2.05) is 57.0 Å². The average molecular weight is 805 g/mol. The lowest BCUT2D eigenvalue weighted by Crippen LogP contribution is -2.48. The highest BCUT2D eigenvalue weighted by Gasteiger charge is 2.27. The smallest absolute Gasteiger partial charge is 0.274 e. The van der Waals surface area contributed by atoms with Crippen LogP contribution in [-0.2, 0) is 24.8 Å². The van der Waals surface area contributed by atoms with Gasteiger partial charge in [-0.1, -0.05) is 43.3 Å². The van der Waals surface area contributed by atoms with Crippen LogP contribution >= 0.6 is 23.2 Å². The van der Waals surface area contributed by atoms with Crippen molar-refractivity contribution in [3.8, 4) is 33.9 Å². The van der Waals surface area contributed by atoms with E-state index in [0.29, 0.717) is 86.1 Å². The summed E-state index contributed by atoms with van der Waals surface area (Å²) in [7, 11) is 2.02. The lowest BCUT2D eigenvalue weighted by molar-refractivity contribution is -0.133. The van der Waals surface area contributed by atoms with Crippen LogP contribution < -0.4 is 10.2 Å². The van der Waals surface area contributed by atoms with Crippen molar-refractivity contribution in [3.63, 3.8) is 0 Å². The fraction of sp³-hybridized carbons (Fsp3) is 0.429. The Balaban J connectivity index is 1.05. The molecule has 3 heterocycles. The van der Waals surface area contributed by atoms with E-state index in [9.17, 15) is 19.8 Å². The van der Waals surface area contributed by atoms with Crippen molar-refractivity contribution < 1.29 is 24.3 Å². The molecule has 12 nitrogen and oxygen atoms in total. The van der Waals surface area contributed by atoms with Gasteiger partial charge in [-0.05, 0) is 60.2 Å². The Labute approximate surface area is 338 Å². The number of aromatic hydroxyl groups is 2. The number of carbonyl (C=O) groups is 2. The summed E-state index contributed by atoms with van der Waals surface area (Å²) in [4.78, 5) is 37.6. The molecule has 0 bridgehead atoms. The highest BCUT2D eigenvalue weighted by molar-refractivity contribution is 6.18. The number of carbonyl (C=O) groups excluding carboxylic acids is 2. The number of anilines is 1. The predicted molar refractivity (Wildman–Crippen MR) is 222 cm³/mol. The van der Waals surface area contributed by atoms with Crippen LogP contribution in [-0.4, -0.2) is 104 Å². The molecule has 0 aliphatic carbocycles. The van der Waals surface area contributed by atoms with Gasteiger partial charge in [-0.15, -0.1) is 23.2 Å². The Bertz CT molecular complexity index is 2140. The predicted octanol–water partition coefficient (Wildman–Crippen LogP) is 7.13. The lowest BCUT2D eigenvalue weighted by atomic mass is 9.94. The van der Waals surface area contributed by atoms with Gasteiger partial charge >= 0.3 is 0 Å². The van der Waals surface area contributed by atoms with E-state index in [1.165, 1.54) is 6.07 Å². The van der Waals surface area contributed by atoms with E-state index in [1.54, 1.807) is 6.07 Å². The van der Waals surface area contributed by atoms with Gasteiger partial charge in [-0.25, -0.2) is 4.98 Å². The van der Waals surface area contributed by atoms with Crippen molar-refractivity contribution in [2.45, 2.75) is 52.5 Å². The average Bonchev–Trinajstić information content (AvgIpc) is 3.76. The second kappa shape index (κ2) is 18.4. The lowest BCUT2D eigenvalue weighted by Gasteiger charge is -2.35. The van der Waals surface area contributed by atoms with Gasteiger partial charge < -0.3 is 34.4 Å². The summed E-state index contributed by atoms with van der Waals surface area (Å²) in [5.41, 5.74) is 6.38. The van der Waals surface area contributed by atoms with Gasteiger partial charge in [0, 0.05) is 95.8 Å². The standard InChI is InChI=1S/C42H51Cl2N7O5/c1-5-45-42(55)40-39(41(56-47-40)32-24-31(27(2)3)35(52)25-36(32)53)29-11-9-28(10-12-29)26-49-19-21-51(22-20-49)38(54)8-6-7-37-46-33-23-30(13-14-34(33)48(37)4)50(17-15-43)18-16-44/h9-14,23-25,27,52-53H,5-8,15-22,26H2,1-4H3,(H,45,55). The molecule has 2 aromatic heterocycles. The number of benzene rings is 3. The maximum Gasteiger partial charge on any atom is 0.274 e. The maximum atomic E-state index is 13.2. The molecule has 14 heteroatoms. The highest BCUT2D eigenvalue weighted by atomic mass is 35.5. The molecule has 3 aromatic carbocycles. The van der Waals surface area contributed by atoms with E-state index < -0.39 is 0 Å². The Kier molecular flexibility index (Phi) is 13.5. The van der Waals surface area contributed by atoms with Crippen molar-refractivity contribution in [1.29, 1.82) is 0 Å². The van der Waals surface area contributed by atoms with Gasteiger partial charge in [-0.2, -0.15) is 0 Å². The number of aryl methyl sites for hydroxylation is 2. The van der Waals surface area contributed by atoms with Crippen molar-refractivity contribution in [3.05, 3.63) is 77.2 Å². The van der Waals surface area contributed by atoms with Gasteiger partial charge in [0.25, 0.3) is 5.91 Å². The molecule has 298 valence electrons. The molecular formula is C42H51Cl2N7O5. The molecule has 0 unspecified atom stereocenters. The molecule has 1 aliphatic heterocycles.